The molecule has 7 heteroatoms. The van der Waals surface area contributed by atoms with Crippen LogP contribution in [-0.4, -0.2) is 17.8 Å². The molecular weight excluding hydrogens is 464 g/mol. The quantitative estimate of drug-likeness (QED) is 0.258. The first-order chi connectivity index (χ1) is 16.7. The molecule has 0 atom stereocenters. The molecule has 0 unspecified atom stereocenters. The van der Waals surface area contributed by atoms with Gasteiger partial charge < -0.3 is 10.1 Å². The van der Waals surface area contributed by atoms with E-state index in [9.17, 15) is 14.4 Å². The van der Waals surface area contributed by atoms with E-state index in [4.69, 9.17) is 16.3 Å². The van der Waals surface area contributed by atoms with E-state index < -0.39 is 17.8 Å². The number of halogens is 1. The highest BCUT2D eigenvalue weighted by Crippen LogP contribution is 2.33. The highest BCUT2D eigenvalue weighted by atomic mass is 35.5. The summed E-state index contributed by atoms with van der Waals surface area (Å²) in [6.45, 7) is 7.94. The minimum absolute atomic E-state index is 0.0156. The smallest absolute Gasteiger partial charge is 0.343 e. The van der Waals surface area contributed by atoms with Gasteiger partial charge in [0.1, 0.15) is 16.5 Å². The molecule has 0 aliphatic carbocycles. The monoisotopic (exact) mass is 488 g/mol. The Balaban J connectivity index is 1.47. The Morgan fingerprint density at radius 1 is 0.914 bits per heavy atom. The van der Waals surface area contributed by atoms with Crippen LogP contribution < -0.4 is 15.0 Å². The highest BCUT2D eigenvalue weighted by molar-refractivity contribution is 6.53. The third-order valence-corrected chi connectivity index (χ3v) is 6.34. The number of esters is 1. The number of carbonyl (C=O) groups is 3. The number of aryl methyl sites for hydroxylation is 1. The van der Waals surface area contributed by atoms with Gasteiger partial charge >= 0.3 is 5.97 Å². The second kappa shape index (κ2) is 9.76. The van der Waals surface area contributed by atoms with Crippen molar-refractivity contribution >= 4 is 40.8 Å². The van der Waals surface area contributed by atoms with Gasteiger partial charge in [0.2, 0.25) is 0 Å². The van der Waals surface area contributed by atoms with Crippen molar-refractivity contribution in [3.8, 4) is 5.75 Å². The van der Waals surface area contributed by atoms with Gasteiger partial charge in [0.15, 0.2) is 0 Å². The molecule has 4 rings (SSSR count). The van der Waals surface area contributed by atoms with Crippen LogP contribution in [0.1, 0.15) is 46.8 Å². The average Bonchev–Trinajstić information content (AvgIpc) is 3.05. The Morgan fingerprint density at radius 3 is 2.20 bits per heavy atom. The van der Waals surface area contributed by atoms with E-state index in [0.717, 1.165) is 21.6 Å². The fourth-order valence-corrected chi connectivity index (χ4v) is 3.94. The molecule has 3 aromatic carbocycles. The maximum absolute atomic E-state index is 13.1. The van der Waals surface area contributed by atoms with E-state index >= 15 is 0 Å². The van der Waals surface area contributed by atoms with Crippen molar-refractivity contribution in [2.45, 2.75) is 33.6 Å². The zero-order chi connectivity index (χ0) is 25.3. The minimum atomic E-state index is -0.587. The zero-order valence-electron chi connectivity index (χ0n) is 19.9. The summed E-state index contributed by atoms with van der Waals surface area (Å²) in [4.78, 5) is 39.4. The van der Waals surface area contributed by atoms with E-state index in [1.807, 2.05) is 32.0 Å². The predicted octanol–water partition coefficient (Wildman–Crippen LogP) is 6.08. The SMILES string of the molecule is Cc1cccc(N2C(=O)C(Cl)=C(Nc3ccc(C(=O)Oc4ccc(C(C)C)cc4)cc3)C2=O)c1C. The normalized spacial score (nSPS) is 13.6. The topological polar surface area (TPSA) is 75.7 Å². The van der Waals surface area contributed by atoms with Gasteiger partial charge in [-0.15, -0.1) is 0 Å². The lowest BCUT2D eigenvalue weighted by Gasteiger charge is -2.18. The molecule has 0 radical (unpaired) electrons. The number of nitrogens with zero attached hydrogens (tertiary/aromatic N) is 1. The molecule has 0 saturated carbocycles. The number of carbonyl (C=O) groups excluding carboxylic acids is 3. The van der Waals surface area contributed by atoms with E-state index in [2.05, 4.69) is 19.2 Å². The molecule has 1 aliphatic rings. The maximum Gasteiger partial charge on any atom is 0.343 e. The second-order valence-corrected chi connectivity index (χ2v) is 9.05. The molecule has 0 bridgehead atoms. The summed E-state index contributed by atoms with van der Waals surface area (Å²) in [5, 5.41) is 2.73. The number of hydrogen-bond donors (Lipinski definition) is 1. The summed E-state index contributed by atoms with van der Waals surface area (Å²) in [6.07, 6.45) is 0. The molecule has 3 aromatic rings. The van der Waals surface area contributed by atoms with E-state index in [1.165, 1.54) is 0 Å². The standard InChI is InChI=1S/C28H25ClN2O4/c1-16(2)19-10-14-22(15-11-19)35-28(34)20-8-12-21(13-9-20)30-25-24(29)26(32)31(27(25)33)23-7-5-6-17(3)18(23)4/h5-16,30H,1-4H3. The Bertz CT molecular complexity index is 1340. The van der Waals surface area contributed by atoms with Crippen LogP contribution in [-0.2, 0) is 9.59 Å². The van der Waals surface area contributed by atoms with Crippen molar-refractivity contribution < 1.29 is 19.1 Å². The third-order valence-electron chi connectivity index (χ3n) is 5.99. The molecule has 0 saturated heterocycles. The van der Waals surface area contributed by atoms with Gasteiger partial charge in [-0.3, -0.25) is 9.59 Å². The van der Waals surface area contributed by atoms with Gasteiger partial charge in [0, 0.05) is 5.69 Å². The number of ether oxygens (including phenoxy) is 1. The average molecular weight is 489 g/mol. The van der Waals surface area contributed by atoms with Crippen molar-refractivity contribution in [2.75, 3.05) is 10.2 Å². The van der Waals surface area contributed by atoms with E-state index in [0.29, 0.717) is 28.6 Å². The van der Waals surface area contributed by atoms with Crippen molar-refractivity contribution in [1.82, 2.24) is 0 Å². The molecule has 1 aliphatic heterocycles. The van der Waals surface area contributed by atoms with Crippen LogP contribution in [0, 0.1) is 13.8 Å². The molecule has 1 heterocycles. The third kappa shape index (κ3) is 4.84. The number of imide groups is 1. The molecule has 35 heavy (non-hydrogen) atoms. The van der Waals surface area contributed by atoms with Gasteiger partial charge in [0.25, 0.3) is 11.8 Å². The Hall–Kier alpha value is -3.90. The van der Waals surface area contributed by atoms with Crippen molar-refractivity contribution in [3.05, 3.63) is 99.7 Å². The van der Waals surface area contributed by atoms with Gasteiger partial charge in [-0.05, 0) is 78.9 Å². The van der Waals surface area contributed by atoms with Crippen LogP contribution in [0.3, 0.4) is 0 Å². The van der Waals surface area contributed by atoms with Gasteiger partial charge in [-0.2, -0.15) is 0 Å². The summed E-state index contributed by atoms with van der Waals surface area (Å²) < 4.78 is 5.45. The minimum Gasteiger partial charge on any atom is -0.423 e. The number of hydrogen-bond acceptors (Lipinski definition) is 5. The number of amides is 2. The van der Waals surface area contributed by atoms with Gasteiger partial charge in [-0.25, -0.2) is 9.69 Å². The van der Waals surface area contributed by atoms with E-state index in [1.54, 1.807) is 48.5 Å². The molecule has 2 amide bonds. The molecule has 6 nitrogen and oxygen atoms in total. The van der Waals surface area contributed by atoms with Crippen LogP contribution in [0.25, 0.3) is 0 Å². The summed E-state index contributed by atoms with van der Waals surface area (Å²) in [7, 11) is 0. The summed E-state index contributed by atoms with van der Waals surface area (Å²) in [6, 6.07) is 19.2. The molecule has 0 aromatic heterocycles. The zero-order valence-corrected chi connectivity index (χ0v) is 20.6. The Morgan fingerprint density at radius 2 is 1.57 bits per heavy atom. The van der Waals surface area contributed by atoms with E-state index in [-0.39, 0.29) is 10.7 Å². The number of anilines is 2. The molecular formula is C28H25ClN2O4. The molecule has 178 valence electrons. The Labute approximate surface area is 209 Å². The molecule has 1 N–H and O–H groups in total. The predicted molar refractivity (Wildman–Crippen MR) is 137 cm³/mol. The lowest BCUT2D eigenvalue weighted by atomic mass is 10.0. The van der Waals surface area contributed by atoms with Crippen molar-refractivity contribution in [2.24, 2.45) is 0 Å². The molecule has 0 fully saturated rings. The second-order valence-electron chi connectivity index (χ2n) is 8.67. The van der Waals surface area contributed by atoms with Gasteiger partial charge in [0.05, 0.1) is 11.3 Å². The molecule has 0 spiro atoms. The summed E-state index contributed by atoms with van der Waals surface area (Å²) in [5.74, 6) is -0.781. The van der Waals surface area contributed by atoms with Crippen molar-refractivity contribution in [1.29, 1.82) is 0 Å². The maximum atomic E-state index is 13.1. The number of benzene rings is 3. The first kappa shape index (κ1) is 24.2. The van der Waals surface area contributed by atoms with Crippen LogP contribution in [0.5, 0.6) is 5.75 Å². The van der Waals surface area contributed by atoms with Crippen molar-refractivity contribution in [3.63, 3.8) is 0 Å². The van der Waals surface area contributed by atoms with Crippen LogP contribution in [0.15, 0.2) is 77.5 Å². The van der Waals surface area contributed by atoms with Crippen LogP contribution >= 0.6 is 11.6 Å². The number of nitrogens with one attached hydrogen (secondary N) is 1. The fraction of sp³-hybridized carbons (Fsp3) is 0.179. The number of rotatable bonds is 6. The summed E-state index contributed by atoms with van der Waals surface area (Å²) >= 11 is 6.24. The first-order valence-electron chi connectivity index (χ1n) is 11.2. The highest BCUT2D eigenvalue weighted by Gasteiger charge is 2.39. The van der Waals surface area contributed by atoms with Crippen LogP contribution in [0.4, 0.5) is 11.4 Å². The first-order valence-corrected chi connectivity index (χ1v) is 11.6. The Kier molecular flexibility index (Phi) is 6.76. The largest absolute Gasteiger partial charge is 0.423 e. The summed E-state index contributed by atoms with van der Waals surface area (Å²) in [5.41, 5.74) is 4.26. The van der Waals surface area contributed by atoms with Crippen LogP contribution in [0.2, 0.25) is 0 Å². The lowest BCUT2D eigenvalue weighted by Crippen LogP contribution is -2.33. The lowest BCUT2D eigenvalue weighted by molar-refractivity contribution is -0.120. The van der Waals surface area contributed by atoms with Gasteiger partial charge in [-0.1, -0.05) is 49.7 Å². The fourth-order valence-electron chi connectivity index (χ4n) is 3.73.